The number of alkyl carbamates (subject to hydrolysis) is 1. The maximum atomic E-state index is 12.5. The van der Waals surface area contributed by atoms with Crippen molar-refractivity contribution in [1.82, 2.24) is 15.1 Å². The first-order chi connectivity index (χ1) is 16.2. The number of benzene rings is 2. The summed E-state index contributed by atoms with van der Waals surface area (Å²) in [4.78, 5) is 35.8. The zero-order chi connectivity index (χ0) is 26.0. The second kappa shape index (κ2) is 9.73. The monoisotopic (exact) mass is 482 g/mol. The van der Waals surface area contributed by atoms with Crippen LogP contribution in [0.4, 0.5) is 15.3 Å². The van der Waals surface area contributed by atoms with E-state index in [1.54, 1.807) is 65.8 Å². The Labute approximate surface area is 203 Å². The van der Waals surface area contributed by atoms with Crippen molar-refractivity contribution in [3.63, 3.8) is 0 Å². The number of nitrogens with one attached hydrogen (secondary N) is 1. The minimum absolute atomic E-state index is 0.142. The lowest BCUT2D eigenvalue weighted by Gasteiger charge is -2.19. The van der Waals surface area contributed by atoms with Gasteiger partial charge in [-0.1, -0.05) is 24.3 Å². The molecule has 3 rings (SSSR count). The number of nitrogens with zero attached hydrogens (tertiary/aromatic N) is 3. The Kier molecular flexibility index (Phi) is 7.14. The third-order valence-electron chi connectivity index (χ3n) is 4.82. The number of nitro groups is 1. The van der Waals surface area contributed by atoms with Crippen LogP contribution in [0.15, 0.2) is 42.6 Å². The number of nitro benzene ring substituents is 1. The highest BCUT2D eigenvalue weighted by Crippen LogP contribution is 2.36. The highest BCUT2D eigenvalue weighted by atomic mass is 16.6. The fraction of sp³-hybridized carbons (Fsp3) is 0.400. The predicted octanol–water partition coefficient (Wildman–Crippen LogP) is 5.46. The summed E-state index contributed by atoms with van der Waals surface area (Å²) >= 11 is 0. The Hall–Kier alpha value is -3.95. The highest BCUT2D eigenvalue weighted by molar-refractivity contribution is 5.99. The van der Waals surface area contributed by atoms with E-state index >= 15 is 0 Å². The van der Waals surface area contributed by atoms with E-state index in [0.29, 0.717) is 29.6 Å². The van der Waals surface area contributed by atoms with E-state index < -0.39 is 28.3 Å². The molecule has 0 saturated heterocycles. The van der Waals surface area contributed by atoms with Crippen molar-refractivity contribution >= 4 is 28.8 Å². The molecule has 0 radical (unpaired) electrons. The van der Waals surface area contributed by atoms with Gasteiger partial charge in [-0.2, -0.15) is 9.78 Å². The summed E-state index contributed by atoms with van der Waals surface area (Å²) in [6.45, 7) is 11.0. The summed E-state index contributed by atoms with van der Waals surface area (Å²) in [6, 6.07) is 10.5. The molecule has 0 atom stereocenters. The van der Waals surface area contributed by atoms with Crippen molar-refractivity contribution in [2.45, 2.75) is 59.2 Å². The van der Waals surface area contributed by atoms with Gasteiger partial charge < -0.3 is 14.8 Å². The Morgan fingerprint density at radius 3 is 2.20 bits per heavy atom. The minimum Gasteiger partial charge on any atom is -0.444 e. The largest absolute Gasteiger partial charge is 0.444 e. The number of fused-ring (bicyclic) bond motifs is 1. The second-order valence-electron chi connectivity index (χ2n) is 10.1. The fourth-order valence-electron chi connectivity index (χ4n) is 3.44. The molecule has 10 nitrogen and oxygen atoms in total. The molecule has 1 aromatic heterocycles. The van der Waals surface area contributed by atoms with Gasteiger partial charge in [0.2, 0.25) is 0 Å². The standard InChI is InChI=1S/C25H30N4O6/c1-24(2,3)34-22(30)26-14-13-16-7-9-17(10-8-16)18-11-12-20-19(21(18)29(32)33)15-27-28(20)23(31)35-25(4,5)6/h7-12,15H,13-14H2,1-6H3,(H,26,30). The van der Waals surface area contributed by atoms with Gasteiger partial charge in [0.05, 0.1) is 27.6 Å². The van der Waals surface area contributed by atoms with E-state index in [1.807, 2.05) is 12.1 Å². The lowest BCUT2D eigenvalue weighted by Crippen LogP contribution is -2.33. The molecule has 2 aromatic carbocycles. The van der Waals surface area contributed by atoms with E-state index in [4.69, 9.17) is 9.47 Å². The van der Waals surface area contributed by atoms with E-state index in [9.17, 15) is 19.7 Å². The van der Waals surface area contributed by atoms with Crippen molar-refractivity contribution in [2.24, 2.45) is 0 Å². The molecule has 1 heterocycles. The third-order valence-corrected chi connectivity index (χ3v) is 4.82. The van der Waals surface area contributed by atoms with Gasteiger partial charge >= 0.3 is 12.2 Å². The Morgan fingerprint density at radius 1 is 1.00 bits per heavy atom. The maximum absolute atomic E-state index is 12.5. The van der Waals surface area contributed by atoms with Crippen LogP contribution < -0.4 is 5.32 Å². The zero-order valence-electron chi connectivity index (χ0n) is 20.7. The third kappa shape index (κ3) is 6.56. The van der Waals surface area contributed by atoms with E-state index in [1.165, 1.54) is 6.20 Å². The summed E-state index contributed by atoms with van der Waals surface area (Å²) in [5.41, 5.74) is 0.857. The molecule has 1 N–H and O–H groups in total. The zero-order valence-corrected chi connectivity index (χ0v) is 20.7. The molecule has 0 aliphatic carbocycles. The fourth-order valence-corrected chi connectivity index (χ4v) is 3.44. The van der Waals surface area contributed by atoms with Gasteiger partial charge in [-0.3, -0.25) is 10.1 Å². The molecule has 10 heteroatoms. The van der Waals surface area contributed by atoms with Crippen LogP contribution >= 0.6 is 0 Å². The number of rotatable bonds is 5. The number of amides is 1. The molecule has 0 saturated carbocycles. The first-order valence-corrected chi connectivity index (χ1v) is 11.2. The van der Waals surface area contributed by atoms with Crippen LogP contribution in [-0.2, 0) is 15.9 Å². The lowest BCUT2D eigenvalue weighted by atomic mass is 9.99. The van der Waals surface area contributed by atoms with E-state index in [2.05, 4.69) is 10.4 Å². The van der Waals surface area contributed by atoms with Gasteiger partial charge in [0.1, 0.15) is 11.2 Å². The Morgan fingerprint density at radius 2 is 1.63 bits per heavy atom. The Bertz CT molecular complexity index is 1250. The van der Waals surface area contributed by atoms with Crippen LogP contribution in [0.3, 0.4) is 0 Å². The summed E-state index contributed by atoms with van der Waals surface area (Å²) in [6.07, 6.45) is 0.685. The van der Waals surface area contributed by atoms with Crippen LogP contribution in [-0.4, -0.2) is 44.6 Å². The van der Waals surface area contributed by atoms with Crippen molar-refractivity contribution in [1.29, 1.82) is 0 Å². The van der Waals surface area contributed by atoms with E-state index in [0.717, 1.165) is 10.2 Å². The van der Waals surface area contributed by atoms with Gasteiger partial charge in [0.15, 0.2) is 0 Å². The molecule has 0 spiro atoms. The summed E-state index contributed by atoms with van der Waals surface area (Å²) in [5, 5.41) is 19.0. The second-order valence-corrected chi connectivity index (χ2v) is 10.1. The molecule has 0 unspecified atom stereocenters. The average Bonchev–Trinajstić information content (AvgIpc) is 3.15. The van der Waals surface area contributed by atoms with Gasteiger partial charge in [-0.25, -0.2) is 9.59 Å². The molecule has 0 bridgehead atoms. The van der Waals surface area contributed by atoms with Crippen LogP contribution in [0, 0.1) is 10.1 Å². The van der Waals surface area contributed by atoms with Crippen LogP contribution in [0.1, 0.15) is 47.1 Å². The van der Waals surface area contributed by atoms with Crippen molar-refractivity contribution < 1.29 is 24.0 Å². The smallest absolute Gasteiger partial charge is 0.435 e. The first kappa shape index (κ1) is 25.7. The van der Waals surface area contributed by atoms with Gasteiger partial charge in [-0.15, -0.1) is 0 Å². The van der Waals surface area contributed by atoms with Crippen molar-refractivity contribution in [3.05, 3.63) is 58.3 Å². The normalized spacial score (nSPS) is 11.8. The molecule has 186 valence electrons. The molecule has 3 aromatic rings. The lowest BCUT2D eigenvalue weighted by molar-refractivity contribution is -0.382. The van der Waals surface area contributed by atoms with Crippen LogP contribution in [0.5, 0.6) is 0 Å². The number of hydrogen-bond acceptors (Lipinski definition) is 7. The average molecular weight is 483 g/mol. The quantitative estimate of drug-likeness (QED) is 0.378. The number of carbonyl (C=O) groups is 2. The SMILES string of the molecule is CC(C)(C)OC(=O)NCCc1ccc(-c2ccc3c(cnn3C(=O)OC(C)(C)C)c2[N+](=O)[O-])cc1. The van der Waals surface area contributed by atoms with Crippen molar-refractivity contribution in [2.75, 3.05) is 6.54 Å². The molecule has 0 aliphatic rings. The first-order valence-electron chi connectivity index (χ1n) is 11.2. The maximum Gasteiger partial charge on any atom is 0.435 e. The number of aromatic nitrogens is 2. The van der Waals surface area contributed by atoms with Gasteiger partial charge in [-0.05, 0) is 71.2 Å². The molecular weight excluding hydrogens is 452 g/mol. The van der Waals surface area contributed by atoms with Crippen LogP contribution in [0.25, 0.3) is 22.0 Å². The highest BCUT2D eigenvalue weighted by Gasteiger charge is 2.26. The van der Waals surface area contributed by atoms with Crippen molar-refractivity contribution in [3.8, 4) is 11.1 Å². The Balaban J connectivity index is 1.82. The number of ether oxygens (including phenoxy) is 2. The topological polar surface area (TPSA) is 126 Å². The minimum atomic E-state index is -0.731. The molecule has 1 amide bonds. The molecule has 0 aliphatic heterocycles. The van der Waals surface area contributed by atoms with Gasteiger partial charge in [0, 0.05) is 6.54 Å². The summed E-state index contributed by atoms with van der Waals surface area (Å²) < 4.78 is 11.6. The molecular formula is C25H30N4O6. The summed E-state index contributed by atoms with van der Waals surface area (Å²) in [7, 11) is 0. The molecule has 0 fully saturated rings. The number of carbonyl (C=O) groups excluding carboxylic acids is 2. The summed E-state index contributed by atoms with van der Waals surface area (Å²) in [5.74, 6) is 0. The van der Waals surface area contributed by atoms with Crippen LogP contribution in [0.2, 0.25) is 0 Å². The number of hydrogen-bond donors (Lipinski definition) is 1. The van der Waals surface area contributed by atoms with Gasteiger partial charge in [0.25, 0.3) is 5.69 Å². The predicted molar refractivity (Wildman–Crippen MR) is 131 cm³/mol. The van der Waals surface area contributed by atoms with E-state index in [-0.39, 0.29) is 11.1 Å². The molecule has 35 heavy (non-hydrogen) atoms.